The fraction of sp³-hybridized carbons (Fsp3) is 0.625. The van der Waals surface area contributed by atoms with E-state index < -0.39 is 17.4 Å². The van der Waals surface area contributed by atoms with E-state index >= 15 is 0 Å². The molecule has 0 saturated carbocycles. The summed E-state index contributed by atoms with van der Waals surface area (Å²) >= 11 is 0. The van der Waals surface area contributed by atoms with E-state index in [1.165, 1.54) is 7.11 Å². The van der Waals surface area contributed by atoms with Crippen molar-refractivity contribution in [3.05, 3.63) is 0 Å². The molecule has 1 aliphatic heterocycles. The van der Waals surface area contributed by atoms with E-state index in [4.69, 9.17) is 5.26 Å². The number of hydrazone groups is 1. The number of rotatable bonds is 1. The summed E-state index contributed by atoms with van der Waals surface area (Å²) < 4.78 is 4.59. The Morgan fingerprint density at radius 3 is 2.85 bits per heavy atom. The molecular weight excluding hydrogens is 170 g/mol. The molecule has 5 heteroatoms. The van der Waals surface area contributed by atoms with Crippen LogP contribution in [-0.2, 0) is 9.53 Å². The Morgan fingerprint density at radius 2 is 2.38 bits per heavy atom. The van der Waals surface area contributed by atoms with Gasteiger partial charge in [-0.2, -0.15) is 10.4 Å². The van der Waals surface area contributed by atoms with E-state index in [1.54, 1.807) is 13.8 Å². The molecule has 1 rings (SSSR count). The number of nitrogens with one attached hydrogen (secondary N) is 1. The molecule has 0 fully saturated rings. The van der Waals surface area contributed by atoms with Crippen LogP contribution in [0, 0.1) is 17.2 Å². The van der Waals surface area contributed by atoms with Crippen LogP contribution in [0.3, 0.4) is 0 Å². The minimum Gasteiger partial charge on any atom is -0.468 e. The van der Waals surface area contributed by atoms with Crippen LogP contribution >= 0.6 is 0 Å². The Labute approximate surface area is 76.4 Å². The zero-order chi connectivity index (χ0) is 10.1. The molecule has 0 spiro atoms. The van der Waals surface area contributed by atoms with Gasteiger partial charge in [0.2, 0.25) is 0 Å². The first-order valence-electron chi connectivity index (χ1n) is 3.85. The number of ether oxygens (including phenoxy) is 1. The number of carbonyl (C=O) groups is 1. The smallest absolute Gasteiger partial charge is 0.318 e. The second-order valence-corrected chi connectivity index (χ2v) is 3.40. The highest BCUT2D eigenvalue weighted by Crippen LogP contribution is 2.24. The molecule has 1 N–H and O–H groups in total. The van der Waals surface area contributed by atoms with E-state index in [-0.39, 0.29) is 5.71 Å². The first kappa shape index (κ1) is 9.52. The summed E-state index contributed by atoms with van der Waals surface area (Å²) in [6.07, 6.45) is 0. The molecule has 0 bridgehead atoms. The first-order valence-corrected chi connectivity index (χ1v) is 3.85. The van der Waals surface area contributed by atoms with Gasteiger partial charge in [-0.1, -0.05) is 0 Å². The van der Waals surface area contributed by atoms with Crippen LogP contribution in [0.5, 0.6) is 0 Å². The second-order valence-electron chi connectivity index (χ2n) is 3.40. The summed E-state index contributed by atoms with van der Waals surface area (Å²) in [5.74, 6) is -1.04. The maximum absolute atomic E-state index is 11.3. The number of methoxy groups -OCH3 is 1. The van der Waals surface area contributed by atoms with Crippen molar-refractivity contribution in [1.82, 2.24) is 5.43 Å². The van der Waals surface area contributed by atoms with Crippen molar-refractivity contribution in [1.29, 1.82) is 5.26 Å². The Balaban J connectivity index is 2.96. The molecule has 0 aromatic heterocycles. The first-order chi connectivity index (χ1) is 6.03. The maximum atomic E-state index is 11.3. The van der Waals surface area contributed by atoms with Gasteiger partial charge in [-0.05, 0) is 13.8 Å². The van der Waals surface area contributed by atoms with Crippen molar-refractivity contribution in [3.8, 4) is 6.07 Å². The average Bonchev–Trinajstić information content (AvgIpc) is 2.39. The minimum atomic E-state index is -0.609. The Kier molecular flexibility index (Phi) is 2.24. The SMILES string of the molecule is COC(=O)C1C(C#N)=NNC1(C)C. The van der Waals surface area contributed by atoms with E-state index in [1.807, 2.05) is 6.07 Å². The predicted molar refractivity (Wildman–Crippen MR) is 45.8 cm³/mol. The highest BCUT2D eigenvalue weighted by Gasteiger charge is 2.44. The third kappa shape index (κ3) is 1.47. The van der Waals surface area contributed by atoms with E-state index in [0.29, 0.717) is 0 Å². The zero-order valence-electron chi connectivity index (χ0n) is 7.79. The van der Waals surface area contributed by atoms with E-state index in [9.17, 15) is 4.79 Å². The number of nitrogens with zero attached hydrogens (tertiary/aromatic N) is 2. The molecule has 0 aliphatic carbocycles. The largest absolute Gasteiger partial charge is 0.468 e. The van der Waals surface area contributed by atoms with Gasteiger partial charge in [-0.3, -0.25) is 4.79 Å². The number of esters is 1. The van der Waals surface area contributed by atoms with Gasteiger partial charge in [-0.15, -0.1) is 0 Å². The molecule has 1 unspecified atom stereocenters. The fourth-order valence-electron chi connectivity index (χ4n) is 1.29. The molecule has 0 saturated heterocycles. The Bertz CT molecular complexity index is 301. The van der Waals surface area contributed by atoms with Crippen molar-refractivity contribution in [2.75, 3.05) is 7.11 Å². The number of nitriles is 1. The molecule has 0 radical (unpaired) electrons. The Hall–Kier alpha value is -1.57. The molecule has 70 valence electrons. The predicted octanol–water partition coefficient (Wildman–Crippen LogP) is 0.0370. The number of carbonyl (C=O) groups excluding carboxylic acids is 1. The van der Waals surface area contributed by atoms with Crippen molar-refractivity contribution in [3.63, 3.8) is 0 Å². The van der Waals surface area contributed by atoms with Gasteiger partial charge in [0.05, 0.1) is 12.6 Å². The van der Waals surface area contributed by atoms with Gasteiger partial charge in [-0.25, -0.2) is 0 Å². The van der Waals surface area contributed by atoms with Crippen molar-refractivity contribution < 1.29 is 9.53 Å². The lowest BCUT2D eigenvalue weighted by atomic mass is 9.86. The van der Waals surface area contributed by atoms with Crippen LogP contribution in [0.2, 0.25) is 0 Å². The van der Waals surface area contributed by atoms with Crippen molar-refractivity contribution in [2.24, 2.45) is 11.0 Å². The van der Waals surface area contributed by atoms with Crippen LogP contribution in [0.1, 0.15) is 13.8 Å². The third-order valence-electron chi connectivity index (χ3n) is 2.01. The van der Waals surface area contributed by atoms with Crippen molar-refractivity contribution >= 4 is 11.7 Å². The zero-order valence-corrected chi connectivity index (χ0v) is 7.79. The molecule has 13 heavy (non-hydrogen) atoms. The maximum Gasteiger partial charge on any atom is 0.318 e. The van der Waals surface area contributed by atoms with Gasteiger partial charge in [0, 0.05) is 0 Å². The quantitative estimate of drug-likeness (QED) is 0.579. The summed E-state index contributed by atoms with van der Waals surface area (Å²) in [4.78, 5) is 11.3. The molecule has 1 aliphatic rings. The molecule has 0 aromatic carbocycles. The Morgan fingerprint density at radius 1 is 1.77 bits per heavy atom. The lowest BCUT2D eigenvalue weighted by Crippen LogP contribution is -2.44. The topological polar surface area (TPSA) is 74.5 Å². The van der Waals surface area contributed by atoms with Gasteiger partial charge >= 0.3 is 5.97 Å². The minimum absolute atomic E-state index is 0.178. The molecule has 0 aromatic rings. The van der Waals surface area contributed by atoms with Crippen LogP contribution in [-0.4, -0.2) is 24.3 Å². The number of hydrogen-bond acceptors (Lipinski definition) is 5. The highest BCUT2D eigenvalue weighted by molar-refractivity contribution is 6.12. The van der Waals surface area contributed by atoms with E-state index in [0.717, 1.165) is 0 Å². The standard InChI is InChI=1S/C8H11N3O2/c1-8(2)6(7(12)13-3)5(4-9)10-11-8/h6,11H,1-3H3. The molecule has 5 nitrogen and oxygen atoms in total. The summed E-state index contributed by atoms with van der Waals surface area (Å²) in [6.45, 7) is 3.59. The second kappa shape index (κ2) is 3.05. The van der Waals surface area contributed by atoms with Gasteiger partial charge in [0.1, 0.15) is 12.0 Å². The summed E-state index contributed by atoms with van der Waals surface area (Å²) in [5, 5.41) is 12.4. The summed E-state index contributed by atoms with van der Waals surface area (Å²) in [7, 11) is 1.30. The van der Waals surface area contributed by atoms with Crippen LogP contribution < -0.4 is 5.43 Å². The summed E-state index contributed by atoms with van der Waals surface area (Å²) in [5.41, 5.74) is 2.36. The number of hydrogen-bond donors (Lipinski definition) is 1. The van der Waals surface area contributed by atoms with Gasteiger partial charge < -0.3 is 10.2 Å². The van der Waals surface area contributed by atoms with Crippen LogP contribution in [0.4, 0.5) is 0 Å². The van der Waals surface area contributed by atoms with Gasteiger partial charge in [0.25, 0.3) is 0 Å². The summed E-state index contributed by atoms with van der Waals surface area (Å²) in [6, 6.07) is 1.87. The average molecular weight is 181 g/mol. The lowest BCUT2D eigenvalue weighted by Gasteiger charge is -2.23. The molecule has 1 heterocycles. The van der Waals surface area contributed by atoms with Crippen LogP contribution in [0.25, 0.3) is 0 Å². The lowest BCUT2D eigenvalue weighted by molar-refractivity contribution is -0.144. The fourth-order valence-corrected chi connectivity index (χ4v) is 1.29. The van der Waals surface area contributed by atoms with E-state index in [2.05, 4.69) is 15.3 Å². The van der Waals surface area contributed by atoms with Crippen molar-refractivity contribution in [2.45, 2.75) is 19.4 Å². The molecule has 0 amide bonds. The highest BCUT2D eigenvalue weighted by atomic mass is 16.5. The third-order valence-corrected chi connectivity index (χ3v) is 2.01. The normalized spacial score (nSPS) is 24.2. The molecular formula is C8H11N3O2. The monoisotopic (exact) mass is 181 g/mol. The van der Waals surface area contributed by atoms with Crippen LogP contribution in [0.15, 0.2) is 5.10 Å². The molecule has 1 atom stereocenters. The van der Waals surface area contributed by atoms with Gasteiger partial charge in [0.15, 0.2) is 5.71 Å².